The van der Waals surface area contributed by atoms with Gasteiger partial charge in [-0.2, -0.15) is 5.10 Å². The summed E-state index contributed by atoms with van der Waals surface area (Å²) in [4.78, 5) is 0. The molecule has 2 rings (SSSR count). The number of ether oxygens (including phenoxy) is 1. The number of nitrogens with one attached hydrogen (secondary N) is 1. The molecule has 1 N–H and O–H groups in total. The first-order chi connectivity index (χ1) is 9.99. The molecule has 1 heterocycles. The van der Waals surface area contributed by atoms with Crippen LogP contribution >= 0.6 is 15.9 Å². The van der Waals surface area contributed by atoms with E-state index in [4.69, 9.17) is 4.74 Å². The van der Waals surface area contributed by atoms with Crippen molar-refractivity contribution in [1.29, 1.82) is 0 Å². The number of nitrogens with zero attached hydrogens (tertiary/aromatic N) is 2. The second-order valence-corrected chi connectivity index (χ2v) is 6.27. The Morgan fingerprint density at radius 1 is 1.33 bits per heavy atom. The van der Waals surface area contributed by atoms with Crippen molar-refractivity contribution in [1.82, 2.24) is 15.1 Å². The monoisotopic (exact) mass is 351 g/mol. The van der Waals surface area contributed by atoms with Crippen LogP contribution in [0.3, 0.4) is 0 Å². The second-order valence-electron chi connectivity index (χ2n) is 5.36. The predicted molar refractivity (Wildman–Crippen MR) is 88.9 cm³/mol. The molecule has 21 heavy (non-hydrogen) atoms. The number of hydrogen-bond acceptors (Lipinski definition) is 3. The Morgan fingerprint density at radius 3 is 2.57 bits per heavy atom. The average molecular weight is 352 g/mol. The van der Waals surface area contributed by atoms with E-state index < -0.39 is 0 Å². The number of hydrogen-bond donors (Lipinski definition) is 1. The Morgan fingerprint density at radius 2 is 2.05 bits per heavy atom. The zero-order chi connectivity index (χ0) is 15.6. The van der Waals surface area contributed by atoms with E-state index in [2.05, 4.69) is 65.3 Å². The quantitative estimate of drug-likeness (QED) is 0.888. The van der Waals surface area contributed by atoms with Crippen molar-refractivity contribution in [3.63, 3.8) is 0 Å². The molecule has 2 aromatic rings. The lowest BCUT2D eigenvalue weighted by Crippen LogP contribution is -2.23. The molecule has 0 saturated heterocycles. The second kappa shape index (κ2) is 6.62. The zero-order valence-electron chi connectivity index (χ0n) is 13.1. The van der Waals surface area contributed by atoms with Gasteiger partial charge in [0.15, 0.2) is 5.75 Å². The van der Waals surface area contributed by atoms with Gasteiger partial charge in [0.1, 0.15) is 5.69 Å². The van der Waals surface area contributed by atoms with Crippen LogP contribution in [0.2, 0.25) is 0 Å². The van der Waals surface area contributed by atoms with Gasteiger partial charge < -0.3 is 10.1 Å². The van der Waals surface area contributed by atoms with Gasteiger partial charge >= 0.3 is 0 Å². The molecular weight excluding hydrogens is 330 g/mol. The SMILES string of the molecule is CNC(c1ccc(Br)cc1C)c1c(OC)cnn1C(C)C. The van der Waals surface area contributed by atoms with E-state index in [0.29, 0.717) is 0 Å². The Balaban J connectivity index is 2.58. The summed E-state index contributed by atoms with van der Waals surface area (Å²) >= 11 is 3.52. The highest BCUT2D eigenvalue weighted by Crippen LogP contribution is 2.33. The van der Waals surface area contributed by atoms with Gasteiger partial charge in [-0.25, -0.2) is 0 Å². The van der Waals surface area contributed by atoms with Gasteiger partial charge in [-0.15, -0.1) is 0 Å². The lowest BCUT2D eigenvalue weighted by atomic mass is 9.98. The number of halogens is 1. The molecule has 0 spiro atoms. The summed E-state index contributed by atoms with van der Waals surface area (Å²) in [7, 11) is 3.65. The molecule has 5 heteroatoms. The van der Waals surface area contributed by atoms with E-state index in [1.165, 1.54) is 11.1 Å². The maximum Gasteiger partial charge on any atom is 0.161 e. The van der Waals surface area contributed by atoms with Crippen molar-refractivity contribution >= 4 is 15.9 Å². The van der Waals surface area contributed by atoms with Crippen molar-refractivity contribution in [3.05, 3.63) is 45.7 Å². The molecule has 114 valence electrons. The van der Waals surface area contributed by atoms with Crippen molar-refractivity contribution in [2.24, 2.45) is 0 Å². The lowest BCUT2D eigenvalue weighted by Gasteiger charge is -2.23. The van der Waals surface area contributed by atoms with Crippen LogP contribution in [-0.2, 0) is 0 Å². The van der Waals surface area contributed by atoms with Gasteiger partial charge in [0.05, 0.1) is 19.3 Å². The van der Waals surface area contributed by atoms with E-state index in [0.717, 1.165) is 15.9 Å². The molecule has 4 nitrogen and oxygen atoms in total. The van der Waals surface area contributed by atoms with Crippen LogP contribution in [0.15, 0.2) is 28.9 Å². The summed E-state index contributed by atoms with van der Waals surface area (Å²) in [5.41, 5.74) is 3.50. The summed E-state index contributed by atoms with van der Waals surface area (Å²) in [6.45, 7) is 6.36. The fraction of sp³-hybridized carbons (Fsp3) is 0.438. The number of benzene rings is 1. The third kappa shape index (κ3) is 3.14. The third-order valence-corrected chi connectivity index (χ3v) is 4.11. The molecule has 0 amide bonds. The molecule has 0 aliphatic rings. The molecule has 1 unspecified atom stereocenters. The van der Waals surface area contributed by atoms with Gasteiger partial charge in [-0.3, -0.25) is 4.68 Å². The summed E-state index contributed by atoms with van der Waals surface area (Å²) in [5.74, 6) is 0.811. The van der Waals surface area contributed by atoms with Crippen molar-refractivity contribution in [2.45, 2.75) is 32.9 Å². The van der Waals surface area contributed by atoms with Crippen LogP contribution in [0.25, 0.3) is 0 Å². The van der Waals surface area contributed by atoms with Crippen LogP contribution in [-0.4, -0.2) is 23.9 Å². The van der Waals surface area contributed by atoms with E-state index in [1.807, 2.05) is 11.7 Å². The maximum atomic E-state index is 5.51. The highest BCUT2D eigenvalue weighted by molar-refractivity contribution is 9.10. The highest BCUT2D eigenvalue weighted by Gasteiger charge is 2.24. The topological polar surface area (TPSA) is 39.1 Å². The summed E-state index contributed by atoms with van der Waals surface area (Å²) in [6.07, 6.45) is 1.79. The predicted octanol–water partition coefficient (Wildman–Crippen LogP) is 3.85. The van der Waals surface area contributed by atoms with Crippen molar-refractivity contribution < 1.29 is 4.74 Å². The Labute approximate surface area is 134 Å². The van der Waals surface area contributed by atoms with Crippen molar-refractivity contribution in [2.75, 3.05) is 14.2 Å². The molecule has 1 aromatic heterocycles. The van der Waals surface area contributed by atoms with Gasteiger partial charge in [-0.1, -0.05) is 22.0 Å². The summed E-state index contributed by atoms with van der Waals surface area (Å²) in [6, 6.07) is 6.64. The van der Waals surface area contributed by atoms with Gasteiger partial charge in [-0.05, 0) is 51.1 Å². The first-order valence-electron chi connectivity index (χ1n) is 7.04. The lowest BCUT2D eigenvalue weighted by molar-refractivity contribution is 0.396. The molecule has 0 aliphatic carbocycles. The van der Waals surface area contributed by atoms with E-state index in [-0.39, 0.29) is 12.1 Å². The minimum atomic E-state index is 0.0398. The first kappa shape index (κ1) is 16.0. The van der Waals surface area contributed by atoms with Gasteiger partial charge in [0, 0.05) is 10.5 Å². The largest absolute Gasteiger partial charge is 0.493 e. The smallest absolute Gasteiger partial charge is 0.161 e. The fourth-order valence-corrected chi connectivity index (χ4v) is 3.08. The van der Waals surface area contributed by atoms with E-state index >= 15 is 0 Å². The Hall–Kier alpha value is -1.33. The third-order valence-electron chi connectivity index (χ3n) is 3.61. The van der Waals surface area contributed by atoms with Crippen LogP contribution < -0.4 is 10.1 Å². The molecule has 0 saturated carbocycles. The molecular formula is C16H22BrN3O. The number of aromatic nitrogens is 2. The zero-order valence-corrected chi connectivity index (χ0v) is 14.7. The van der Waals surface area contributed by atoms with E-state index in [1.54, 1.807) is 13.3 Å². The van der Waals surface area contributed by atoms with Crippen LogP contribution in [0.1, 0.15) is 42.8 Å². The van der Waals surface area contributed by atoms with Gasteiger partial charge in [0.2, 0.25) is 0 Å². The highest BCUT2D eigenvalue weighted by atomic mass is 79.9. The molecule has 1 aromatic carbocycles. The summed E-state index contributed by atoms with van der Waals surface area (Å²) < 4.78 is 8.61. The normalized spacial score (nSPS) is 12.7. The minimum Gasteiger partial charge on any atom is -0.493 e. The van der Waals surface area contributed by atoms with Gasteiger partial charge in [0.25, 0.3) is 0 Å². The van der Waals surface area contributed by atoms with E-state index in [9.17, 15) is 0 Å². The molecule has 0 radical (unpaired) electrons. The number of aryl methyl sites for hydroxylation is 1. The average Bonchev–Trinajstić information content (AvgIpc) is 2.86. The molecule has 0 aliphatic heterocycles. The summed E-state index contributed by atoms with van der Waals surface area (Å²) in [5, 5.41) is 7.87. The van der Waals surface area contributed by atoms with Crippen LogP contribution in [0, 0.1) is 6.92 Å². The Kier molecular flexibility index (Phi) is 5.06. The minimum absolute atomic E-state index is 0.0398. The molecule has 0 bridgehead atoms. The molecule has 1 atom stereocenters. The molecule has 0 fully saturated rings. The van der Waals surface area contributed by atoms with Crippen LogP contribution in [0.4, 0.5) is 0 Å². The maximum absolute atomic E-state index is 5.51. The van der Waals surface area contributed by atoms with Crippen LogP contribution in [0.5, 0.6) is 5.75 Å². The van der Waals surface area contributed by atoms with Crippen molar-refractivity contribution in [3.8, 4) is 5.75 Å². The Bertz CT molecular complexity index is 622. The standard InChI is InChI=1S/C16H22BrN3O/c1-10(2)20-16(14(21-5)9-19-20)15(18-4)13-7-6-12(17)8-11(13)3/h6-10,15,18H,1-5H3. The number of methoxy groups -OCH3 is 1. The number of rotatable bonds is 5. The fourth-order valence-electron chi connectivity index (χ4n) is 2.60. The first-order valence-corrected chi connectivity index (χ1v) is 7.83.